The third kappa shape index (κ3) is 4.06. The number of sulfone groups is 1. The van der Waals surface area contributed by atoms with E-state index in [9.17, 15) is 18.0 Å². The van der Waals surface area contributed by atoms with E-state index >= 15 is 0 Å². The van der Waals surface area contributed by atoms with Gasteiger partial charge >= 0.3 is 0 Å². The summed E-state index contributed by atoms with van der Waals surface area (Å²) < 4.78 is 23.1. The van der Waals surface area contributed by atoms with Gasteiger partial charge < -0.3 is 5.32 Å². The first-order chi connectivity index (χ1) is 10.3. The first-order valence-corrected chi connectivity index (χ1v) is 9.55. The molecule has 0 aliphatic carbocycles. The second-order valence-corrected chi connectivity index (χ2v) is 8.23. The van der Waals surface area contributed by atoms with E-state index in [-0.39, 0.29) is 35.8 Å². The first-order valence-electron chi connectivity index (χ1n) is 7.73. The van der Waals surface area contributed by atoms with E-state index in [2.05, 4.69) is 10.4 Å². The van der Waals surface area contributed by atoms with Crippen molar-refractivity contribution in [1.29, 1.82) is 0 Å². The van der Waals surface area contributed by atoms with Crippen LogP contribution in [0.3, 0.4) is 0 Å². The molecule has 1 fully saturated rings. The molecule has 0 saturated carbocycles. The molecule has 0 radical (unpaired) electrons. The van der Waals surface area contributed by atoms with Crippen molar-refractivity contribution in [2.75, 3.05) is 11.5 Å². The fraction of sp³-hybridized carbons (Fsp3) is 0.786. The van der Waals surface area contributed by atoms with E-state index in [0.29, 0.717) is 18.6 Å². The Hall–Kier alpha value is -1.44. The smallest absolute Gasteiger partial charge is 0.267 e. The number of carbonyl (C=O) groups excluding carboxylic acids is 2. The average molecular weight is 329 g/mol. The molecule has 0 unspecified atom stereocenters. The van der Waals surface area contributed by atoms with Gasteiger partial charge in [0.1, 0.15) is 5.71 Å². The Kier molecular flexibility index (Phi) is 5.20. The van der Waals surface area contributed by atoms with E-state index in [4.69, 9.17) is 0 Å². The summed E-state index contributed by atoms with van der Waals surface area (Å²) in [6.45, 7) is 3.97. The van der Waals surface area contributed by atoms with Crippen molar-refractivity contribution in [2.45, 2.75) is 58.0 Å². The molecule has 7 nitrogen and oxygen atoms in total. The molecule has 8 heteroatoms. The van der Waals surface area contributed by atoms with Crippen LogP contribution in [-0.4, -0.2) is 54.5 Å². The lowest BCUT2D eigenvalue weighted by Gasteiger charge is -2.28. The van der Waals surface area contributed by atoms with Crippen LogP contribution < -0.4 is 5.32 Å². The largest absolute Gasteiger partial charge is 0.348 e. The zero-order chi connectivity index (χ0) is 16.3. The highest BCUT2D eigenvalue weighted by Gasteiger charge is 2.37. The molecule has 2 rings (SSSR count). The zero-order valence-corrected chi connectivity index (χ0v) is 13.9. The van der Waals surface area contributed by atoms with Crippen LogP contribution in [0.4, 0.5) is 0 Å². The van der Waals surface area contributed by atoms with E-state index in [1.54, 1.807) is 0 Å². The maximum absolute atomic E-state index is 12.2. The second kappa shape index (κ2) is 6.76. The lowest BCUT2D eigenvalue weighted by atomic mass is 10.1. The summed E-state index contributed by atoms with van der Waals surface area (Å²) in [4.78, 5) is 24.2. The van der Waals surface area contributed by atoms with E-state index < -0.39 is 15.9 Å². The molecule has 124 valence electrons. The van der Waals surface area contributed by atoms with E-state index in [1.807, 2.05) is 13.8 Å². The molecule has 0 aromatic carbocycles. The van der Waals surface area contributed by atoms with Crippen LogP contribution in [0, 0.1) is 0 Å². The number of rotatable bonds is 5. The highest BCUT2D eigenvalue weighted by Crippen LogP contribution is 2.22. The number of nitrogens with zero attached hydrogens (tertiary/aromatic N) is 2. The van der Waals surface area contributed by atoms with Gasteiger partial charge in [-0.1, -0.05) is 13.3 Å². The molecule has 2 amide bonds. The van der Waals surface area contributed by atoms with Crippen LogP contribution in [0.5, 0.6) is 0 Å². The van der Waals surface area contributed by atoms with Crippen molar-refractivity contribution in [3.05, 3.63) is 0 Å². The Bertz CT molecular complexity index is 585. The van der Waals surface area contributed by atoms with Crippen LogP contribution >= 0.6 is 0 Å². The predicted molar refractivity (Wildman–Crippen MR) is 83.1 cm³/mol. The Balaban J connectivity index is 2.08. The van der Waals surface area contributed by atoms with Gasteiger partial charge in [-0.3, -0.25) is 9.59 Å². The number of hydrogen-bond donors (Lipinski definition) is 1. The summed E-state index contributed by atoms with van der Waals surface area (Å²) in [7, 11) is -3.10. The number of carbonyl (C=O) groups is 2. The number of hydrogen-bond acceptors (Lipinski definition) is 5. The number of nitrogens with one attached hydrogen (secondary N) is 1. The Morgan fingerprint density at radius 2 is 2.18 bits per heavy atom. The molecule has 2 aliphatic rings. The summed E-state index contributed by atoms with van der Waals surface area (Å²) in [5.74, 6) is -0.463. The summed E-state index contributed by atoms with van der Waals surface area (Å²) in [6.07, 6.45) is 2.74. The minimum absolute atomic E-state index is 0.0538. The predicted octanol–water partition coefficient (Wildman–Crippen LogP) is 0.457. The molecular formula is C14H23N3O4S. The molecule has 0 aromatic rings. The molecule has 2 atom stereocenters. The minimum Gasteiger partial charge on any atom is -0.348 e. The topological polar surface area (TPSA) is 95.9 Å². The van der Waals surface area contributed by atoms with Crippen molar-refractivity contribution in [1.82, 2.24) is 10.3 Å². The third-order valence-electron chi connectivity index (χ3n) is 3.98. The summed E-state index contributed by atoms with van der Waals surface area (Å²) >= 11 is 0. The maximum Gasteiger partial charge on any atom is 0.267 e. The monoisotopic (exact) mass is 329 g/mol. The van der Waals surface area contributed by atoms with Crippen LogP contribution in [0.25, 0.3) is 0 Å². The Morgan fingerprint density at radius 1 is 1.45 bits per heavy atom. The van der Waals surface area contributed by atoms with Crippen LogP contribution in [0.2, 0.25) is 0 Å². The number of hydrazone groups is 1. The molecular weight excluding hydrogens is 306 g/mol. The third-order valence-corrected chi connectivity index (χ3v) is 5.73. The Morgan fingerprint density at radius 3 is 2.77 bits per heavy atom. The van der Waals surface area contributed by atoms with Crippen LogP contribution in [-0.2, 0) is 19.4 Å². The van der Waals surface area contributed by atoms with E-state index in [1.165, 1.54) is 5.01 Å². The number of amides is 2. The minimum atomic E-state index is -3.10. The quantitative estimate of drug-likeness (QED) is 0.792. The van der Waals surface area contributed by atoms with Gasteiger partial charge in [0.25, 0.3) is 5.91 Å². The van der Waals surface area contributed by atoms with Crippen LogP contribution in [0.15, 0.2) is 5.10 Å². The second-order valence-electron chi connectivity index (χ2n) is 6.01. The molecule has 22 heavy (non-hydrogen) atoms. The van der Waals surface area contributed by atoms with E-state index in [0.717, 1.165) is 12.8 Å². The van der Waals surface area contributed by atoms with Gasteiger partial charge in [-0.2, -0.15) is 5.10 Å². The summed E-state index contributed by atoms with van der Waals surface area (Å²) in [5.41, 5.74) is 0.312. The molecule has 0 bridgehead atoms. The van der Waals surface area contributed by atoms with Crippen molar-refractivity contribution >= 4 is 27.4 Å². The van der Waals surface area contributed by atoms with Crippen LogP contribution in [0.1, 0.15) is 46.0 Å². The standard InChI is InChI=1S/C14H23N3O4S/c1-3-4-10(2)15-14(19)12-5-6-13(18)17(16-12)11-7-8-22(20,21)9-11/h10-11H,3-9H2,1-2H3,(H,15,19)/t10-,11+/m0/s1. The molecule has 2 aliphatic heterocycles. The first kappa shape index (κ1) is 16.9. The normalized spacial score (nSPS) is 25.7. The van der Waals surface area contributed by atoms with Gasteiger partial charge in [0.05, 0.1) is 17.5 Å². The van der Waals surface area contributed by atoms with Gasteiger partial charge in [0.15, 0.2) is 9.84 Å². The summed E-state index contributed by atoms with van der Waals surface area (Å²) in [5, 5.41) is 8.23. The van der Waals surface area contributed by atoms with Crippen molar-refractivity contribution in [2.24, 2.45) is 5.10 Å². The van der Waals surface area contributed by atoms with Gasteiger partial charge in [0, 0.05) is 18.9 Å². The van der Waals surface area contributed by atoms with Crippen molar-refractivity contribution in [3.8, 4) is 0 Å². The fourth-order valence-electron chi connectivity index (χ4n) is 2.80. The van der Waals surface area contributed by atoms with Crippen molar-refractivity contribution < 1.29 is 18.0 Å². The zero-order valence-electron chi connectivity index (χ0n) is 13.0. The highest BCUT2D eigenvalue weighted by atomic mass is 32.2. The van der Waals surface area contributed by atoms with Crippen molar-refractivity contribution in [3.63, 3.8) is 0 Å². The maximum atomic E-state index is 12.2. The molecule has 1 N–H and O–H groups in total. The lowest BCUT2D eigenvalue weighted by Crippen LogP contribution is -2.45. The average Bonchev–Trinajstić information content (AvgIpc) is 2.79. The molecule has 1 saturated heterocycles. The molecule has 2 heterocycles. The fourth-order valence-corrected chi connectivity index (χ4v) is 4.49. The summed E-state index contributed by atoms with van der Waals surface area (Å²) in [6, 6.07) is -0.383. The van der Waals surface area contributed by atoms with Gasteiger partial charge in [0.2, 0.25) is 5.91 Å². The Labute approximate surface area is 131 Å². The SMILES string of the molecule is CCC[C@H](C)NC(=O)C1=NN([C@@H]2CCS(=O)(=O)C2)C(=O)CC1. The highest BCUT2D eigenvalue weighted by molar-refractivity contribution is 7.91. The molecule has 0 aromatic heterocycles. The van der Waals surface area contributed by atoms with Gasteiger partial charge in [-0.05, 0) is 19.8 Å². The lowest BCUT2D eigenvalue weighted by molar-refractivity contribution is -0.133. The van der Waals surface area contributed by atoms with Gasteiger partial charge in [-0.15, -0.1) is 0 Å². The molecule has 0 spiro atoms. The van der Waals surface area contributed by atoms with Gasteiger partial charge in [-0.25, -0.2) is 13.4 Å².